The number of nitrogens with one attached hydrogen (secondary N) is 1. The molecule has 1 amide bonds. The zero-order valence-corrected chi connectivity index (χ0v) is 17.8. The van der Waals surface area contributed by atoms with Crippen LogP contribution in [0.1, 0.15) is 35.8 Å². The standard InChI is InChI=1S/C22H30N6O2/c1-3-26-13-17(19-8-4-5-9-21(19)26)14-27-11-6-7-18(27)15-28-16-20(24-25-28)22(29)23-10-12-30-2/h4-5,8-9,13,16,18H,3,6-7,10-12,14-15H2,1-2H3,(H,23,29)/t18-/m0/s1. The monoisotopic (exact) mass is 410 g/mol. The fraction of sp³-hybridized carbons (Fsp3) is 0.500. The predicted octanol–water partition coefficient (Wildman–Crippen LogP) is 2.29. The minimum atomic E-state index is -0.214. The van der Waals surface area contributed by atoms with Crippen LogP contribution in [0, 0.1) is 0 Å². The zero-order chi connectivity index (χ0) is 20.9. The number of likely N-dealkylation sites (tertiary alicyclic amines) is 1. The summed E-state index contributed by atoms with van der Waals surface area (Å²) in [4.78, 5) is 14.7. The molecule has 4 rings (SSSR count). The zero-order valence-electron chi connectivity index (χ0n) is 17.8. The summed E-state index contributed by atoms with van der Waals surface area (Å²) in [5, 5.41) is 12.3. The van der Waals surface area contributed by atoms with Gasteiger partial charge in [-0.1, -0.05) is 23.4 Å². The molecule has 1 saturated heterocycles. The topological polar surface area (TPSA) is 77.2 Å². The Morgan fingerprint density at radius 2 is 2.17 bits per heavy atom. The van der Waals surface area contributed by atoms with E-state index in [0.717, 1.165) is 32.6 Å². The Hall–Kier alpha value is -2.71. The largest absolute Gasteiger partial charge is 0.383 e. The van der Waals surface area contributed by atoms with Gasteiger partial charge in [-0.2, -0.15) is 0 Å². The number of hydrogen-bond acceptors (Lipinski definition) is 5. The number of amides is 1. The molecule has 3 heterocycles. The highest BCUT2D eigenvalue weighted by Gasteiger charge is 2.26. The normalized spacial score (nSPS) is 17.1. The van der Waals surface area contributed by atoms with Crippen molar-refractivity contribution < 1.29 is 9.53 Å². The number of fused-ring (bicyclic) bond motifs is 1. The van der Waals surface area contributed by atoms with Crippen molar-refractivity contribution in [3.63, 3.8) is 0 Å². The highest BCUT2D eigenvalue weighted by atomic mass is 16.5. The fourth-order valence-electron chi connectivity index (χ4n) is 4.30. The van der Waals surface area contributed by atoms with Crippen LogP contribution in [0.5, 0.6) is 0 Å². The van der Waals surface area contributed by atoms with Gasteiger partial charge in [-0.05, 0) is 37.9 Å². The van der Waals surface area contributed by atoms with Gasteiger partial charge in [0, 0.05) is 49.9 Å². The molecule has 8 nitrogen and oxygen atoms in total. The Kier molecular flexibility index (Phi) is 6.44. The average molecular weight is 411 g/mol. The van der Waals surface area contributed by atoms with E-state index in [1.165, 1.54) is 22.9 Å². The lowest BCUT2D eigenvalue weighted by Gasteiger charge is -2.24. The molecule has 1 aliphatic heterocycles. The van der Waals surface area contributed by atoms with Crippen molar-refractivity contribution in [2.45, 2.75) is 45.4 Å². The van der Waals surface area contributed by atoms with Crippen molar-refractivity contribution in [2.24, 2.45) is 0 Å². The van der Waals surface area contributed by atoms with Gasteiger partial charge < -0.3 is 14.6 Å². The number of aryl methyl sites for hydroxylation is 1. The van der Waals surface area contributed by atoms with Crippen molar-refractivity contribution in [1.29, 1.82) is 0 Å². The molecular formula is C22H30N6O2. The fourth-order valence-corrected chi connectivity index (χ4v) is 4.30. The third-order valence-corrected chi connectivity index (χ3v) is 5.85. The third kappa shape index (κ3) is 4.39. The van der Waals surface area contributed by atoms with Crippen molar-refractivity contribution in [3.05, 3.63) is 47.9 Å². The van der Waals surface area contributed by atoms with E-state index >= 15 is 0 Å². The lowest BCUT2D eigenvalue weighted by molar-refractivity contribution is 0.0932. The number of benzene rings is 1. The second-order valence-electron chi connectivity index (χ2n) is 7.80. The summed E-state index contributed by atoms with van der Waals surface area (Å²) in [6.07, 6.45) is 6.33. The van der Waals surface area contributed by atoms with E-state index in [2.05, 4.69) is 62.5 Å². The van der Waals surface area contributed by atoms with Gasteiger partial charge in [-0.3, -0.25) is 14.4 Å². The van der Waals surface area contributed by atoms with Gasteiger partial charge in [0.15, 0.2) is 5.69 Å². The summed E-state index contributed by atoms with van der Waals surface area (Å²) in [5.74, 6) is -0.214. The van der Waals surface area contributed by atoms with Gasteiger partial charge in [0.1, 0.15) is 0 Å². The number of aromatic nitrogens is 4. The second-order valence-corrected chi connectivity index (χ2v) is 7.80. The molecule has 0 saturated carbocycles. The summed E-state index contributed by atoms with van der Waals surface area (Å²) in [7, 11) is 1.61. The Bertz CT molecular complexity index is 995. The minimum Gasteiger partial charge on any atom is -0.383 e. The van der Waals surface area contributed by atoms with Crippen LogP contribution in [0.3, 0.4) is 0 Å². The van der Waals surface area contributed by atoms with Crippen LogP contribution in [0.4, 0.5) is 0 Å². The Morgan fingerprint density at radius 1 is 1.30 bits per heavy atom. The number of hydrogen-bond donors (Lipinski definition) is 1. The smallest absolute Gasteiger partial charge is 0.273 e. The van der Waals surface area contributed by atoms with Crippen LogP contribution < -0.4 is 5.32 Å². The number of methoxy groups -OCH3 is 1. The molecular weight excluding hydrogens is 380 g/mol. The maximum absolute atomic E-state index is 12.1. The molecule has 0 aliphatic carbocycles. The van der Waals surface area contributed by atoms with Crippen molar-refractivity contribution in [3.8, 4) is 0 Å². The number of ether oxygens (including phenoxy) is 1. The molecule has 30 heavy (non-hydrogen) atoms. The third-order valence-electron chi connectivity index (χ3n) is 5.85. The van der Waals surface area contributed by atoms with E-state index < -0.39 is 0 Å². The van der Waals surface area contributed by atoms with Crippen LogP contribution in [-0.2, 0) is 24.4 Å². The van der Waals surface area contributed by atoms with Gasteiger partial charge in [0.25, 0.3) is 5.91 Å². The van der Waals surface area contributed by atoms with Crippen molar-refractivity contribution in [1.82, 2.24) is 29.8 Å². The quantitative estimate of drug-likeness (QED) is 0.548. The number of carbonyl (C=O) groups excluding carboxylic acids is 1. The first kappa shape index (κ1) is 20.6. The molecule has 160 valence electrons. The molecule has 1 atom stereocenters. The summed E-state index contributed by atoms with van der Waals surface area (Å²) in [5.41, 5.74) is 3.02. The van der Waals surface area contributed by atoms with E-state index in [4.69, 9.17) is 4.74 Å². The van der Waals surface area contributed by atoms with E-state index in [1.807, 2.05) is 0 Å². The summed E-state index contributed by atoms with van der Waals surface area (Å²) < 4.78 is 9.07. The molecule has 8 heteroatoms. The number of para-hydroxylation sites is 1. The molecule has 1 N–H and O–H groups in total. The van der Waals surface area contributed by atoms with Crippen molar-refractivity contribution in [2.75, 3.05) is 26.8 Å². The molecule has 0 spiro atoms. The molecule has 1 aromatic carbocycles. The van der Waals surface area contributed by atoms with E-state index in [1.54, 1.807) is 18.0 Å². The minimum absolute atomic E-state index is 0.214. The second kappa shape index (κ2) is 9.40. The average Bonchev–Trinajstić information content (AvgIpc) is 3.49. The molecule has 3 aromatic rings. The van der Waals surface area contributed by atoms with E-state index in [9.17, 15) is 4.79 Å². The van der Waals surface area contributed by atoms with Crippen LogP contribution in [0.15, 0.2) is 36.7 Å². The summed E-state index contributed by atoms with van der Waals surface area (Å²) in [6, 6.07) is 9.01. The number of rotatable bonds is 9. The lowest BCUT2D eigenvalue weighted by Crippen LogP contribution is -2.32. The highest BCUT2D eigenvalue weighted by molar-refractivity contribution is 5.91. The Labute approximate surface area is 176 Å². The SMILES string of the molecule is CCn1cc(CN2CCC[C@H]2Cn2cc(C(=O)NCCOC)nn2)c2ccccc21. The maximum Gasteiger partial charge on any atom is 0.273 e. The molecule has 0 unspecified atom stereocenters. The summed E-state index contributed by atoms with van der Waals surface area (Å²) in [6.45, 7) is 6.84. The Balaban J connectivity index is 1.42. The van der Waals surface area contributed by atoms with Gasteiger partial charge in [-0.25, -0.2) is 0 Å². The van der Waals surface area contributed by atoms with Gasteiger partial charge in [-0.15, -0.1) is 5.10 Å². The molecule has 1 aliphatic rings. The number of carbonyl (C=O) groups is 1. The number of nitrogens with zero attached hydrogens (tertiary/aromatic N) is 5. The molecule has 0 radical (unpaired) electrons. The first-order chi connectivity index (χ1) is 14.7. The lowest BCUT2D eigenvalue weighted by atomic mass is 10.1. The van der Waals surface area contributed by atoms with Crippen LogP contribution in [-0.4, -0.2) is 63.2 Å². The Morgan fingerprint density at radius 3 is 3.00 bits per heavy atom. The van der Waals surface area contributed by atoms with E-state index in [0.29, 0.717) is 24.9 Å². The van der Waals surface area contributed by atoms with E-state index in [-0.39, 0.29) is 5.91 Å². The predicted molar refractivity (Wildman–Crippen MR) is 115 cm³/mol. The molecule has 2 aromatic heterocycles. The van der Waals surface area contributed by atoms with Crippen LogP contribution >= 0.6 is 0 Å². The molecule has 1 fully saturated rings. The molecule has 0 bridgehead atoms. The van der Waals surface area contributed by atoms with Crippen LogP contribution in [0.25, 0.3) is 10.9 Å². The van der Waals surface area contributed by atoms with Gasteiger partial charge >= 0.3 is 0 Å². The first-order valence-corrected chi connectivity index (χ1v) is 10.7. The van der Waals surface area contributed by atoms with Gasteiger partial charge in [0.05, 0.1) is 19.3 Å². The summed E-state index contributed by atoms with van der Waals surface area (Å²) >= 11 is 0. The van der Waals surface area contributed by atoms with Crippen molar-refractivity contribution >= 4 is 16.8 Å². The first-order valence-electron chi connectivity index (χ1n) is 10.7. The maximum atomic E-state index is 12.1. The highest BCUT2D eigenvalue weighted by Crippen LogP contribution is 2.27. The van der Waals surface area contributed by atoms with Gasteiger partial charge in [0.2, 0.25) is 0 Å². The van der Waals surface area contributed by atoms with Crippen LogP contribution in [0.2, 0.25) is 0 Å².